The Morgan fingerprint density at radius 2 is 2.00 bits per heavy atom. The zero-order valence-corrected chi connectivity index (χ0v) is 10.9. The summed E-state index contributed by atoms with van der Waals surface area (Å²) in [5.41, 5.74) is 0.346. The smallest absolute Gasteiger partial charge is 0.0483 e. The maximum absolute atomic E-state index is 5.43. The lowest BCUT2D eigenvalue weighted by atomic mass is 9.81. The number of rotatable bonds is 3. The molecule has 2 heteroatoms. The third-order valence-corrected chi connectivity index (χ3v) is 4.46. The van der Waals surface area contributed by atoms with E-state index in [9.17, 15) is 0 Å². The Hall–Kier alpha value is -0.0800. The zero-order chi connectivity index (χ0) is 11.4. The molecular weight excluding hydrogens is 198 g/mol. The molecule has 0 aromatic carbocycles. The van der Waals surface area contributed by atoms with Crippen LogP contribution in [0.15, 0.2) is 0 Å². The van der Waals surface area contributed by atoms with Crippen molar-refractivity contribution in [3.8, 4) is 0 Å². The van der Waals surface area contributed by atoms with Crippen LogP contribution in [0.4, 0.5) is 0 Å². The van der Waals surface area contributed by atoms with Crippen LogP contribution in [0.5, 0.6) is 0 Å². The highest BCUT2D eigenvalue weighted by atomic mass is 16.5. The van der Waals surface area contributed by atoms with Crippen LogP contribution in [0, 0.1) is 11.8 Å². The molecule has 1 N–H and O–H groups in total. The number of hydrogen-bond acceptors (Lipinski definition) is 2. The van der Waals surface area contributed by atoms with Crippen LogP contribution in [0.25, 0.3) is 0 Å². The predicted octanol–water partition coefficient (Wildman–Crippen LogP) is 2.97. The molecule has 94 valence electrons. The van der Waals surface area contributed by atoms with Crippen molar-refractivity contribution in [1.29, 1.82) is 0 Å². The second-order valence-corrected chi connectivity index (χ2v) is 6.19. The Labute approximate surface area is 100 Å². The summed E-state index contributed by atoms with van der Waals surface area (Å²) in [4.78, 5) is 0. The van der Waals surface area contributed by atoms with Gasteiger partial charge < -0.3 is 10.1 Å². The summed E-state index contributed by atoms with van der Waals surface area (Å²) < 4.78 is 5.43. The Balaban J connectivity index is 1.73. The average molecular weight is 225 g/mol. The van der Waals surface area contributed by atoms with E-state index in [0.717, 1.165) is 25.0 Å². The number of ether oxygens (including phenoxy) is 1. The summed E-state index contributed by atoms with van der Waals surface area (Å²) >= 11 is 0. The maximum Gasteiger partial charge on any atom is 0.0483 e. The summed E-state index contributed by atoms with van der Waals surface area (Å²) in [7, 11) is 0. The van der Waals surface area contributed by atoms with Gasteiger partial charge in [-0.25, -0.2) is 0 Å². The molecule has 2 atom stereocenters. The van der Waals surface area contributed by atoms with E-state index in [1.165, 1.54) is 45.1 Å². The Morgan fingerprint density at radius 1 is 1.25 bits per heavy atom. The minimum absolute atomic E-state index is 0.346. The molecule has 1 saturated heterocycles. The van der Waals surface area contributed by atoms with Gasteiger partial charge in [0.05, 0.1) is 0 Å². The fraction of sp³-hybridized carbons (Fsp3) is 1.00. The van der Waals surface area contributed by atoms with E-state index in [4.69, 9.17) is 4.74 Å². The molecule has 0 spiro atoms. The molecule has 2 unspecified atom stereocenters. The Bertz CT molecular complexity index is 211. The lowest BCUT2D eigenvalue weighted by Gasteiger charge is -2.37. The fourth-order valence-electron chi connectivity index (χ4n) is 3.13. The fourth-order valence-corrected chi connectivity index (χ4v) is 3.13. The molecule has 1 aliphatic carbocycles. The highest BCUT2D eigenvalue weighted by Crippen LogP contribution is 2.29. The van der Waals surface area contributed by atoms with Crippen LogP contribution in [-0.4, -0.2) is 25.3 Å². The zero-order valence-electron chi connectivity index (χ0n) is 10.9. The van der Waals surface area contributed by atoms with Gasteiger partial charge in [-0.15, -0.1) is 0 Å². The first kappa shape index (κ1) is 12.4. The van der Waals surface area contributed by atoms with Crippen LogP contribution in [0.1, 0.15) is 52.4 Å². The van der Waals surface area contributed by atoms with Gasteiger partial charge in [0.15, 0.2) is 0 Å². The Morgan fingerprint density at radius 3 is 2.69 bits per heavy atom. The van der Waals surface area contributed by atoms with Crippen LogP contribution < -0.4 is 5.32 Å². The van der Waals surface area contributed by atoms with E-state index in [1.54, 1.807) is 0 Å². The van der Waals surface area contributed by atoms with Crippen molar-refractivity contribution in [2.45, 2.75) is 57.9 Å². The minimum Gasteiger partial charge on any atom is -0.381 e. The molecular formula is C14H27NO. The molecule has 2 nitrogen and oxygen atoms in total. The van der Waals surface area contributed by atoms with E-state index in [2.05, 4.69) is 19.2 Å². The first-order valence-corrected chi connectivity index (χ1v) is 7.01. The lowest BCUT2D eigenvalue weighted by molar-refractivity contribution is 0.0425. The van der Waals surface area contributed by atoms with Crippen molar-refractivity contribution in [2.75, 3.05) is 19.8 Å². The van der Waals surface area contributed by atoms with Crippen molar-refractivity contribution in [3.63, 3.8) is 0 Å². The molecule has 0 bridgehead atoms. The molecule has 16 heavy (non-hydrogen) atoms. The van der Waals surface area contributed by atoms with Crippen molar-refractivity contribution in [3.05, 3.63) is 0 Å². The molecule has 2 aliphatic rings. The second-order valence-electron chi connectivity index (χ2n) is 6.19. The van der Waals surface area contributed by atoms with Gasteiger partial charge in [-0.05, 0) is 51.0 Å². The van der Waals surface area contributed by atoms with Gasteiger partial charge in [0, 0.05) is 18.8 Å². The van der Waals surface area contributed by atoms with Crippen LogP contribution >= 0.6 is 0 Å². The van der Waals surface area contributed by atoms with Crippen molar-refractivity contribution >= 4 is 0 Å². The van der Waals surface area contributed by atoms with Gasteiger partial charge in [-0.1, -0.05) is 19.8 Å². The first-order chi connectivity index (χ1) is 7.68. The Kier molecular flexibility index (Phi) is 4.26. The molecule has 1 aliphatic heterocycles. The van der Waals surface area contributed by atoms with Crippen molar-refractivity contribution < 1.29 is 4.74 Å². The molecule has 0 radical (unpaired) electrons. The van der Waals surface area contributed by atoms with Gasteiger partial charge >= 0.3 is 0 Å². The van der Waals surface area contributed by atoms with Crippen LogP contribution in [0.2, 0.25) is 0 Å². The molecule has 0 amide bonds. The van der Waals surface area contributed by atoms with Gasteiger partial charge in [-0.2, -0.15) is 0 Å². The summed E-state index contributed by atoms with van der Waals surface area (Å²) in [5.74, 6) is 1.87. The molecule has 0 aromatic heterocycles. The second kappa shape index (κ2) is 5.50. The van der Waals surface area contributed by atoms with Gasteiger partial charge in [-0.3, -0.25) is 0 Å². The molecule has 2 rings (SSSR count). The van der Waals surface area contributed by atoms with E-state index in [-0.39, 0.29) is 0 Å². The minimum atomic E-state index is 0.346. The van der Waals surface area contributed by atoms with Gasteiger partial charge in [0.1, 0.15) is 0 Å². The van der Waals surface area contributed by atoms with E-state index in [1.807, 2.05) is 0 Å². The maximum atomic E-state index is 5.43. The third kappa shape index (κ3) is 3.46. The predicted molar refractivity (Wildman–Crippen MR) is 67.6 cm³/mol. The molecule has 2 fully saturated rings. The largest absolute Gasteiger partial charge is 0.381 e. The summed E-state index contributed by atoms with van der Waals surface area (Å²) in [5, 5.41) is 3.81. The average Bonchev–Trinajstić information content (AvgIpc) is 2.28. The van der Waals surface area contributed by atoms with Gasteiger partial charge in [0.25, 0.3) is 0 Å². The molecule has 1 heterocycles. The number of hydrogen-bond donors (Lipinski definition) is 1. The third-order valence-electron chi connectivity index (χ3n) is 4.46. The molecule has 1 saturated carbocycles. The SMILES string of the molecule is CC1CCCC(CNC2(C)CCOCC2)C1. The monoisotopic (exact) mass is 225 g/mol. The normalized spacial score (nSPS) is 34.9. The number of nitrogens with one attached hydrogen (secondary N) is 1. The first-order valence-electron chi connectivity index (χ1n) is 7.01. The topological polar surface area (TPSA) is 21.3 Å². The highest BCUT2D eigenvalue weighted by molar-refractivity contribution is 4.86. The van der Waals surface area contributed by atoms with Crippen molar-refractivity contribution in [1.82, 2.24) is 5.32 Å². The molecule has 0 aromatic rings. The van der Waals surface area contributed by atoms with E-state index in [0.29, 0.717) is 5.54 Å². The van der Waals surface area contributed by atoms with Gasteiger partial charge in [0.2, 0.25) is 0 Å². The summed E-state index contributed by atoms with van der Waals surface area (Å²) in [6.07, 6.45) is 8.10. The quantitative estimate of drug-likeness (QED) is 0.797. The summed E-state index contributed by atoms with van der Waals surface area (Å²) in [6.45, 7) is 7.86. The lowest BCUT2D eigenvalue weighted by Crippen LogP contribution is -2.48. The van der Waals surface area contributed by atoms with E-state index < -0.39 is 0 Å². The van der Waals surface area contributed by atoms with E-state index >= 15 is 0 Å². The highest BCUT2D eigenvalue weighted by Gasteiger charge is 2.28. The standard InChI is InChI=1S/C14H27NO/c1-12-4-3-5-13(10-12)11-15-14(2)6-8-16-9-7-14/h12-13,15H,3-11H2,1-2H3. The van der Waals surface area contributed by atoms with Crippen molar-refractivity contribution in [2.24, 2.45) is 11.8 Å². The van der Waals surface area contributed by atoms with Crippen LogP contribution in [0.3, 0.4) is 0 Å². The van der Waals surface area contributed by atoms with Crippen LogP contribution in [-0.2, 0) is 4.74 Å². The summed E-state index contributed by atoms with van der Waals surface area (Å²) in [6, 6.07) is 0.